The lowest BCUT2D eigenvalue weighted by atomic mass is 10.1. The van der Waals surface area contributed by atoms with Crippen LogP contribution in [0.5, 0.6) is 0 Å². The van der Waals surface area contributed by atoms with Crippen molar-refractivity contribution in [1.29, 1.82) is 0 Å². The van der Waals surface area contributed by atoms with Crippen molar-refractivity contribution in [3.05, 3.63) is 28.4 Å². The summed E-state index contributed by atoms with van der Waals surface area (Å²) in [5.74, 6) is 0.824. The number of rotatable bonds is 3. The molecule has 1 fully saturated rings. The molecule has 6 nitrogen and oxygen atoms in total. The molecule has 1 aliphatic heterocycles. The predicted octanol–water partition coefficient (Wildman–Crippen LogP) is 1.60. The van der Waals surface area contributed by atoms with Crippen molar-refractivity contribution < 1.29 is 4.92 Å². The highest BCUT2D eigenvalue weighted by molar-refractivity contribution is 5.85. The summed E-state index contributed by atoms with van der Waals surface area (Å²) >= 11 is 0. The van der Waals surface area contributed by atoms with E-state index in [1.54, 1.807) is 6.07 Å². The molecular weight excluding hydrogens is 256 g/mol. The second kappa shape index (κ2) is 6.51. The molecule has 1 saturated heterocycles. The zero-order chi connectivity index (χ0) is 12.3. The van der Waals surface area contributed by atoms with Crippen molar-refractivity contribution in [3.63, 3.8) is 0 Å². The maximum atomic E-state index is 10.5. The molecule has 0 saturated carbocycles. The summed E-state index contributed by atoms with van der Waals surface area (Å²) in [7, 11) is 1.98. The number of hydrogen-bond donors (Lipinski definition) is 1. The summed E-state index contributed by atoms with van der Waals surface area (Å²) in [6.45, 7) is 1.88. The lowest BCUT2D eigenvalue weighted by Crippen LogP contribution is -2.41. The summed E-state index contributed by atoms with van der Waals surface area (Å²) in [6, 6.07) is 3.80. The van der Waals surface area contributed by atoms with Gasteiger partial charge in [-0.25, -0.2) is 4.98 Å². The summed E-state index contributed by atoms with van der Waals surface area (Å²) < 4.78 is 0. The third-order valence-corrected chi connectivity index (χ3v) is 3.17. The average molecular weight is 273 g/mol. The van der Waals surface area contributed by atoms with Gasteiger partial charge >= 0.3 is 0 Å². The first kappa shape index (κ1) is 14.7. The molecule has 0 aromatic carbocycles. The van der Waals surface area contributed by atoms with Crippen LogP contribution in [0.15, 0.2) is 18.3 Å². The first-order valence-corrected chi connectivity index (χ1v) is 5.73. The maximum absolute atomic E-state index is 10.5. The number of nitrogens with one attached hydrogen (secondary N) is 1. The van der Waals surface area contributed by atoms with Crippen molar-refractivity contribution in [1.82, 2.24) is 10.3 Å². The monoisotopic (exact) mass is 272 g/mol. The van der Waals surface area contributed by atoms with Gasteiger partial charge in [-0.05, 0) is 26.0 Å². The molecule has 18 heavy (non-hydrogen) atoms. The van der Waals surface area contributed by atoms with Gasteiger partial charge < -0.3 is 10.2 Å². The summed E-state index contributed by atoms with van der Waals surface area (Å²) in [5, 5.41) is 13.8. The van der Waals surface area contributed by atoms with Gasteiger partial charge in [-0.1, -0.05) is 0 Å². The van der Waals surface area contributed by atoms with Crippen LogP contribution in [-0.4, -0.2) is 36.1 Å². The average Bonchev–Trinajstić information content (AvgIpc) is 2.39. The highest BCUT2D eigenvalue weighted by Crippen LogP contribution is 2.19. The first-order chi connectivity index (χ1) is 8.20. The highest BCUT2D eigenvalue weighted by atomic mass is 35.5. The number of nitrogens with zero attached hydrogens (tertiary/aromatic N) is 3. The van der Waals surface area contributed by atoms with Crippen molar-refractivity contribution in [3.8, 4) is 0 Å². The van der Waals surface area contributed by atoms with E-state index in [1.807, 2.05) is 7.05 Å². The van der Waals surface area contributed by atoms with Crippen molar-refractivity contribution in [2.75, 3.05) is 25.0 Å². The third-order valence-electron chi connectivity index (χ3n) is 3.17. The van der Waals surface area contributed by atoms with Crippen LogP contribution in [-0.2, 0) is 0 Å². The lowest BCUT2D eigenvalue weighted by Gasteiger charge is -2.32. The van der Waals surface area contributed by atoms with Crippen LogP contribution in [0, 0.1) is 10.1 Å². The van der Waals surface area contributed by atoms with Crippen LogP contribution < -0.4 is 10.2 Å². The fourth-order valence-corrected chi connectivity index (χ4v) is 2.07. The van der Waals surface area contributed by atoms with Gasteiger partial charge in [0.1, 0.15) is 12.0 Å². The first-order valence-electron chi connectivity index (χ1n) is 5.73. The summed E-state index contributed by atoms with van der Waals surface area (Å²) in [4.78, 5) is 16.4. The van der Waals surface area contributed by atoms with E-state index in [0.29, 0.717) is 6.04 Å². The molecule has 0 spiro atoms. The van der Waals surface area contributed by atoms with Crippen LogP contribution in [0.25, 0.3) is 0 Å². The Kier molecular flexibility index (Phi) is 5.30. The molecule has 0 unspecified atom stereocenters. The second-order valence-corrected chi connectivity index (χ2v) is 4.18. The molecule has 0 aliphatic carbocycles. The molecule has 7 heteroatoms. The minimum Gasteiger partial charge on any atom is -0.356 e. The van der Waals surface area contributed by atoms with Gasteiger partial charge in [0.25, 0.3) is 5.69 Å². The second-order valence-electron chi connectivity index (χ2n) is 4.18. The molecule has 0 radical (unpaired) electrons. The Morgan fingerprint density at radius 1 is 1.44 bits per heavy atom. The number of hydrogen-bond acceptors (Lipinski definition) is 5. The quantitative estimate of drug-likeness (QED) is 0.668. The third kappa shape index (κ3) is 3.30. The molecule has 1 aromatic rings. The van der Waals surface area contributed by atoms with Gasteiger partial charge in [0.05, 0.1) is 4.92 Å². The van der Waals surface area contributed by atoms with Gasteiger partial charge in [0.15, 0.2) is 0 Å². The minimum absolute atomic E-state index is 0. The Labute approximate surface area is 112 Å². The molecule has 2 heterocycles. The Hall–Kier alpha value is -1.40. The Bertz CT molecular complexity index is 391. The zero-order valence-electron chi connectivity index (χ0n) is 10.2. The molecule has 0 atom stereocenters. The zero-order valence-corrected chi connectivity index (χ0v) is 11.0. The standard InChI is InChI=1S/C11H16N4O2.ClH/c1-12-9-4-6-14(7-5-9)11-3-2-10(8-13-11)15(16)17;/h2-3,8-9,12H,4-7H2,1H3;1H. The van der Waals surface area contributed by atoms with Crippen LogP contribution in [0.4, 0.5) is 11.5 Å². The lowest BCUT2D eigenvalue weighted by molar-refractivity contribution is -0.385. The number of halogens is 1. The number of anilines is 1. The molecule has 2 rings (SSSR count). The van der Waals surface area contributed by atoms with E-state index < -0.39 is 4.92 Å². The smallest absolute Gasteiger partial charge is 0.287 e. The molecule has 1 aliphatic rings. The fraction of sp³-hybridized carbons (Fsp3) is 0.545. The van der Waals surface area contributed by atoms with E-state index in [0.717, 1.165) is 31.7 Å². The van der Waals surface area contributed by atoms with E-state index in [1.165, 1.54) is 12.3 Å². The number of pyridine rings is 1. The molecule has 1 N–H and O–H groups in total. The Morgan fingerprint density at radius 3 is 2.56 bits per heavy atom. The SMILES string of the molecule is CNC1CCN(c2ccc([N+](=O)[O-])cn2)CC1.Cl. The van der Waals surface area contributed by atoms with E-state index >= 15 is 0 Å². The summed E-state index contributed by atoms with van der Waals surface area (Å²) in [6.07, 6.45) is 3.48. The normalized spacial score (nSPS) is 16.2. The maximum Gasteiger partial charge on any atom is 0.287 e. The predicted molar refractivity (Wildman–Crippen MR) is 72.4 cm³/mol. The van der Waals surface area contributed by atoms with E-state index in [9.17, 15) is 10.1 Å². The van der Waals surface area contributed by atoms with E-state index in [4.69, 9.17) is 0 Å². The Balaban J connectivity index is 0.00000162. The molecule has 1 aromatic heterocycles. The molecule has 0 bridgehead atoms. The van der Waals surface area contributed by atoms with E-state index in [-0.39, 0.29) is 18.1 Å². The van der Waals surface area contributed by atoms with Gasteiger partial charge in [-0.3, -0.25) is 10.1 Å². The van der Waals surface area contributed by atoms with Gasteiger partial charge in [0.2, 0.25) is 0 Å². The van der Waals surface area contributed by atoms with Crippen molar-refractivity contribution in [2.45, 2.75) is 18.9 Å². The minimum atomic E-state index is -0.427. The number of aromatic nitrogens is 1. The highest BCUT2D eigenvalue weighted by Gasteiger charge is 2.19. The van der Waals surface area contributed by atoms with Gasteiger partial charge in [-0.15, -0.1) is 12.4 Å². The topological polar surface area (TPSA) is 71.3 Å². The van der Waals surface area contributed by atoms with Crippen LogP contribution in [0.2, 0.25) is 0 Å². The molecule has 100 valence electrons. The van der Waals surface area contributed by atoms with E-state index in [2.05, 4.69) is 15.2 Å². The van der Waals surface area contributed by atoms with Crippen LogP contribution >= 0.6 is 12.4 Å². The van der Waals surface area contributed by atoms with Gasteiger partial charge in [-0.2, -0.15) is 0 Å². The number of nitro groups is 1. The number of piperidine rings is 1. The fourth-order valence-electron chi connectivity index (χ4n) is 2.07. The van der Waals surface area contributed by atoms with Crippen molar-refractivity contribution in [2.24, 2.45) is 0 Å². The largest absolute Gasteiger partial charge is 0.356 e. The van der Waals surface area contributed by atoms with Crippen LogP contribution in [0.3, 0.4) is 0 Å². The Morgan fingerprint density at radius 2 is 2.11 bits per heavy atom. The van der Waals surface area contributed by atoms with Crippen molar-refractivity contribution >= 4 is 23.9 Å². The molecule has 0 amide bonds. The summed E-state index contributed by atoms with van der Waals surface area (Å²) in [5.41, 5.74) is 0.0406. The molecular formula is C11H17ClN4O2. The van der Waals surface area contributed by atoms with Gasteiger partial charge in [0, 0.05) is 25.2 Å². The van der Waals surface area contributed by atoms with Crippen LogP contribution in [0.1, 0.15) is 12.8 Å².